The van der Waals surface area contributed by atoms with Gasteiger partial charge >= 0.3 is 0 Å². The van der Waals surface area contributed by atoms with Gasteiger partial charge in [-0.25, -0.2) is 9.05 Å². The van der Waals surface area contributed by atoms with Crippen LogP contribution >= 0.6 is 7.94 Å². The van der Waals surface area contributed by atoms with Crippen molar-refractivity contribution in [2.45, 2.75) is 26.4 Å². The standard InChI is InChI=1S/C8H15O4P/c1-8(2)12-13(9)7-6-10-4-3-5-11-13/h6-8H,3-5H2,1-2H3/b7-6-. The molecule has 1 heterocycles. The first-order valence-corrected chi connectivity index (χ1v) is 5.95. The summed E-state index contributed by atoms with van der Waals surface area (Å²) in [5, 5.41) is 0. The predicted molar refractivity (Wildman–Crippen MR) is 48.8 cm³/mol. The molecule has 4 nitrogen and oxygen atoms in total. The van der Waals surface area contributed by atoms with Crippen molar-refractivity contribution in [2.24, 2.45) is 0 Å². The highest BCUT2D eigenvalue weighted by atomic mass is 31.2. The topological polar surface area (TPSA) is 50.8 Å². The molecule has 13 heavy (non-hydrogen) atoms. The zero-order chi connectivity index (χ0) is 9.73. The zero-order valence-electron chi connectivity index (χ0n) is 7.93. The maximum atomic E-state index is 11.8. The molecule has 0 N–H and O–H groups in total. The van der Waals surface area contributed by atoms with Crippen molar-refractivity contribution in [3.05, 3.63) is 12.1 Å². The maximum absolute atomic E-state index is 11.8. The Bertz CT molecular complexity index is 183. The third-order valence-electron chi connectivity index (χ3n) is 1.38. The van der Waals surface area contributed by atoms with E-state index in [1.807, 2.05) is 13.8 Å². The Morgan fingerprint density at radius 2 is 2.23 bits per heavy atom. The highest BCUT2D eigenvalue weighted by Gasteiger charge is 2.29. The van der Waals surface area contributed by atoms with Gasteiger partial charge in [0.2, 0.25) is 0 Å². The lowest BCUT2D eigenvalue weighted by Gasteiger charge is -2.26. The van der Waals surface area contributed by atoms with Gasteiger partial charge in [-0.05, 0) is 13.8 Å². The first-order chi connectivity index (χ1) is 6.12. The molecular weight excluding hydrogens is 191 g/mol. The fourth-order valence-corrected chi connectivity index (χ4v) is 2.35. The van der Waals surface area contributed by atoms with Gasteiger partial charge in [0.15, 0.2) is 0 Å². The zero-order valence-corrected chi connectivity index (χ0v) is 8.83. The largest absolute Gasteiger partial charge is 0.627 e. The molecule has 0 aliphatic carbocycles. The first-order valence-electron chi connectivity index (χ1n) is 4.34. The van der Waals surface area contributed by atoms with Crippen molar-refractivity contribution in [2.75, 3.05) is 13.2 Å². The molecule has 1 rings (SSSR count). The minimum absolute atomic E-state index is 0.116. The van der Waals surface area contributed by atoms with Crippen LogP contribution in [0, 0.1) is 0 Å². The molecule has 0 aromatic carbocycles. The van der Waals surface area contributed by atoms with Crippen molar-refractivity contribution in [3.8, 4) is 0 Å². The number of rotatable bonds is 2. The molecule has 0 saturated heterocycles. The van der Waals surface area contributed by atoms with E-state index in [1.54, 1.807) is 0 Å². The lowest BCUT2D eigenvalue weighted by molar-refractivity contribution is -0.218. The van der Waals surface area contributed by atoms with Gasteiger partial charge in [-0.3, -0.25) is 0 Å². The van der Waals surface area contributed by atoms with Crippen LogP contribution in [0.3, 0.4) is 0 Å². The monoisotopic (exact) mass is 206 g/mol. The van der Waals surface area contributed by atoms with Gasteiger partial charge in [-0.15, -0.1) is 0 Å². The van der Waals surface area contributed by atoms with Crippen molar-refractivity contribution in [1.29, 1.82) is 0 Å². The lowest BCUT2D eigenvalue weighted by atomic mass is 10.5. The van der Waals surface area contributed by atoms with Crippen molar-refractivity contribution in [3.63, 3.8) is 0 Å². The van der Waals surface area contributed by atoms with Crippen LogP contribution in [0.25, 0.3) is 0 Å². The molecule has 1 atom stereocenters. The lowest BCUT2D eigenvalue weighted by Crippen LogP contribution is -2.19. The smallest absolute Gasteiger partial charge is 0.267 e. The predicted octanol–water partition coefficient (Wildman–Crippen LogP) is 1.44. The molecule has 1 unspecified atom stereocenters. The summed E-state index contributed by atoms with van der Waals surface area (Å²) >= 11 is 0. The van der Waals surface area contributed by atoms with Crippen LogP contribution in [-0.2, 0) is 13.8 Å². The first kappa shape index (κ1) is 10.9. The summed E-state index contributed by atoms with van der Waals surface area (Å²) in [6, 6.07) is 0. The summed E-state index contributed by atoms with van der Waals surface area (Å²) in [7, 11) is -3.05. The third kappa shape index (κ3) is 4.05. The van der Waals surface area contributed by atoms with Crippen molar-refractivity contribution >= 4 is 7.94 Å². The van der Waals surface area contributed by atoms with Gasteiger partial charge in [-0.1, -0.05) is 0 Å². The molecule has 0 radical (unpaired) electrons. The maximum Gasteiger partial charge on any atom is 0.267 e. The van der Waals surface area contributed by atoms with E-state index in [-0.39, 0.29) is 6.10 Å². The molecule has 0 bridgehead atoms. The van der Waals surface area contributed by atoms with Crippen molar-refractivity contribution in [1.82, 2.24) is 0 Å². The van der Waals surface area contributed by atoms with Crippen molar-refractivity contribution < 1.29 is 18.7 Å². The minimum Gasteiger partial charge on any atom is -0.627 e. The molecular formula is C8H15O4P. The van der Waals surface area contributed by atoms with Gasteiger partial charge in [0.1, 0.15) is 12.1 Å². The molecule has 0 amide bonds. The highest BCUT2D eigenvalue weighted by molar-refractivity contribution is 7.62. The minimum atomic E-state index is -3.05. The number of hydrogen-bond donors (Lipinski definition) is 0. The van der Waals surface area contributed by atoms with E-state index in [0.717, 1.165) is 6.42 Å². The number of ether oxygens (including phenoxy) is 1. The van der Waals surface area contributed by atoms with Crippen LogP contribution in [0.4, 0.5) is 0 Å². The van der Waals surface area contributed by atoms with Gasteiger partial charge in [0, 0.05) is 6.42 Å². The SMILES string of the molecule is CC(C)O[P+]1([O-])/C=C\OCCCO1. The Balaban J connectivity index is 2.55. The van der Waals surface area contributed by atoms with E-state index in [9.17, 15) is 4.89 Å². The quantitative estimate of drug-likeness (QED) is 0.641. The molecule has 0 aromatic rings. The fourth-order valence-electron chi connectivity index (χ4n) is 0.922. The molecule has 1 aliphatic rings. The van der Waals surface area contributed by atoms with Crippen LogP contribution in [-0.4, -0.2) is 19.3 Å². The number of hydrogen-bond acceptors (Lipinski definition) is 4. The third-order valence-corrected chi connectivity index (χ3v) is 3.12. The molecule has 5 heteroatoms. The Labute approximate surface area is 79.1 Å². The van der Waals surface area contributed by atoms with E-state index < -0.39 is 7.94 Å². The van der Waals surface area contributed by atoms with Gasteiger partial charge in [0.25, 0.3) is 7.94 Å². The normalized spacial score (nSPS) is 32.0. The van der Waals surface area contributed by atoms with E-state index in [0.29, 0.717) is 13.2 Å². The Kier molecular flexibility index (Phi) is 4.13. The molecule has 76 valence electrons. The van der Waals surface area contributed by atoms with Crippen LogP contribution in [0.2, 0.25) is 0 Å². The Morgan fingerprint density at radius 3 is 2.92 bits per heavy atom. The second-order valence-electron chi connectivity index (χ2n) is 3.04. The van der Waals surface area contributed by atoms with E-state index in [2.05, 4.69) is 0 Å². The summed E-state index contributed by atoms with van der Waals surface area (Å²) in [4.78, 5) is 11.8. The van der Waals surface area contributed by atoms with Crippen LogP contribution in [0.15, 0.2) is 12.1 Å². The summed E-state index contributed by atoms with van der Waals surface area (Å²) in [6.45, 7) is 4.64. The molecule has 0 spiro atoms. The van der Waals surface area contributed by atoms with E-state index >= 15 is 0 Å². The van der Waals surface area contributed by atoms with Gasteiger partial charge in [0.05, 0.1) is 19.3 Å². The highest BCUT2D eigenvalue weighted by Crippen LogP contribution is 2.55. The summed E-state index contributed by atoms with van der Waals surface area (Å²) in [6.07, 6.45) is 2.01. The molecule has 1 aliphatic heterocycles. The molecule has 0 saturated carbocycles. The average Bonchev–Trinajstić information content (AvgIpc) is 1.97. The van der Waals surface area contributed by atoms with Crippen LogP contribution in [0.1, 0.15) is 20.3 Å². The molecule has 0 fully saturated rings. The van der Waals surface area contributed by atoms with Crippen LogP contribution in [0.5, 0.6) is 0 Å². The van der Waals surface area contributed by atoms with Gasteiger partial charge < -0.3 is 9.63 Å². The summed E-state index contributed by atoms with van der Waals surface area (Å²) in [5.41, 5.74) is 0. The van der Waals surface area contributed by atoms with Crippen LogP contribution < -0.4 is 4.89 Å². The molecule has 0 aromatic heterocycles. The van der Waals surface area contributed by atoms with E-state index in [1.165, 1.54) is 12.1 Å². The second-order valence-corrected chi connectivity index (χ2v) is 4.88. The summed E-state index contributed by atoms with van der Waals surface area (Å²) in [5.74, 6) is 1.37. The van der Waals surface area contributed by atoms with Gasteiger partial charge in [-0.2, -0.15) is 0 Å². The summed E-state index contributed by atoms with van der Waals surface area (Å²) < 4.78 is 15.4. The average molecular weight is 206 g/mol. The van der Waals surface area contributed by atoms with E-state index in [4.69, 9.17) is 13.8 Å². The Morgan fingerprint density at radius 1 is 1.46 bits per heavy atom. The fraction of sp³-hybridized carbons (Fsp3) is 0.750. The Hall–Kier alpha value is -0.150. The second kappa shape index (κ2) is 4.91.